The third-order valence-electron chi connectivity index (χ3n) is 3.28. The highest BCUT2D eigenvalue weighted by molar-refractivity contribution is 6.30. The van der Waals surface area contributed by atoms with E-state index in [0.29, 0.717) is 6.29 Å². The molecule has 1 N–H and O–H groups in total. The van der Waals surface area contributed by atoms with Crippen LogP contribution in [0.3, 0.4) is 0 Å². The molecule has 0 aliphatic carbocycles. The summed E-state index contributed by atoms with van der Waals surface area (Å²) in [7, 11) is 0. The van der Waals surface area contributed by atoms with Gasteiger partial charge >= 0.3 is 6.09 Å². The molecule has 0 fully saturated rings. The second-order valence-corrected chi connectivity index (χ2v) is 5.07. The number of rotatable bonds is 5. The van der Waals surface area contributed by atoms with Crippen LogP contribution in [0.5, 0.6) is 0 Å². The number of benzene rings is 2. The number of carbonyl (C=O) groups is 2. The van der Waals surface area contributed by atoms with Crippen LogP contribution in [0.1, 0.15) is 18.0 Å². The van der Waals surface area contributed by atoms with Crippen molar-refractivity contribution >= 4 is 29.7 Å². The molecule has 0 saturated heterocycles. The maximum atomic E-state index is 14.3. The second kappa shape index (κ2) is 7.19. The molecule has 0 aromatic heterocycles. The van der Waals surface area contributed by atoms with Crippen molar-refractivity contribution in [3.05, 3.63) is 64.7 Å². The summed E-state index contributed by atoms with van der Waals surface area (Å²) in [5.74, 6) is -2.05. The van der Waals surface area contributed by atoms with Gasteiger partial charge < -0.3 is 9.90 Å². The van der Waals surface area contributed by atoms with Gasteiger partial charge in [0, 0.05) is 17.7 Å². The predicted octanol–water partition coefficient (Wildman–Crippen LogP) is 4.43. The summed E-state index contributed by atoms with van der Waals surface area (Å²) in [6.45, 7) is 0. The average Bonchev–Trinajstić information content (AvgIpc) is 2.52. The SMILES string of the molecule is O=CCC(c1c(F)ccc(Cl)c1F)N(C(=O)O)c1ccccc1. The monoisotopic (exact) mass is 339 g/mol. The standard InChI is InChI=1S/C16H12ClF2NO3/c17-11-6-7-12(18)14(15(11)19)13(8-9-21)20(16(22)23)10-4-2-1-3-5-10/h1-7,9,13H,8H2,(H,22,23). The van der Waals surface area contributed by atoms with Gasteiger partial charge in [0.25, 0.3) is 0 Å². The maximum Gasteiger partial charge on any atom is 0.412 e. The van der Waals surface area contributed by atoms with E-state index < -0.39 is 35.8 Å². The molecule has 120 valence electrons. The van der Waals surface area contributed by atoms with Gasteiger partial charge in [-0.1, -0.05) is 29.8 Å². The Balaban J connectivity index is 2.63. The molecule has 1 amide bonds. The molecule has 1 atom stereocenters. The molecule has 0 spiro atoms. The third kappa shape index (κ3) is 3.48. The number of hydrogen-bond donors (Lipinski definition) is 1. The van der Waals surface area contributed by atoms with Crippen LogP contribution >= 0.6 is 11.6 Å². The summed E-state index contributed by atoms with van der Waals surface area (Å²) >= 11 is 5.66. The van der Waals surface area contributed by atoms with E-state index in [2.05, 4.69) is 0 Å². The summed E-state index contributed by atoms with van der Waals surface area (Å²) in [6.07, 6.45) is -1.46. The first kappa shape index (κ1) is 16.9. The molecule has 0 bridgehead atoms. The highest BCUT2D eigenvalue weighted by atomic mass is 35.5. The van der Waals surface area contributed by atoms with Gasteiger partial charge in [-0.2, -0.15) is 0 Å². The number of nitrogens with zero attached hydrogens (tertiary/aromatic N) is 1. The molecule has 0 aliphatic rings. The van der Waals surface area contributed by atoms with Crippen molar-refractivity contribution in [3.8, 4) is 0 Å². The van der Waals surface area contributed by atoms with Crippen LogP contribution < -0.4 is 4.90 Å². The highest BCUT2D eigenvalue weighted by Gasteiger charge is 2.31. The largest absolute Gasteiger partial charge is 0.465 e. The van der Waals surface area contributed by atoms with E-state index in [1.54, 1.807) is 18.2 Å². The Morgan fingerprint density at radius 1 is 1.22 bits per heavy atom. The zero-order valence-electron chi connectivity index (χ0n) is 11.7. The molecule has 2 aromatic carbocycles. The first-order valence-electron chi connectivity index (χ1n) is 6.61. The van der Waals surface area contributed by atoms with Gasteiger partial charge in [-0.15, -0.1) is 0 Å². The lowest BCUT2D eigenvalue weighted by Gasteiger charge is -2.29. The molecular weight excluding hydrogens is 328 g/mol. The van der Waals surface area contributed by atoms with Gasteiger partial charge in [-0.05, 0) is 24.3 Å². The van der Waals surface area contributed by atoms with Gasteiger partial charge in [0.05, 0.1) is 11.1 Å². The van der Waals surface area contributed by atoms with Gasteiger partial charge in [0.2, 0.25) is 0 Å². The molecule has 0 aliphatic heterocycles. The van der Waals surface area contributed by atoms with Crippen LogP contribution in [-0.4, -0.2) is 17.5 Å². The summed E-state index contributed by atoms with van der Waals surface area (Å²) in [5.41, 5.74) is -0.374. The van der Waals surface area contributed by atoms with E-state index in [-0.39, 0.29) is 10.7 Å². The number of hydrogen-bond acceptors (Lipinski definition) is 2. The van der Waals surface area contributed by atoms with Crippen LogP contribution in [-0.2, 0) is 4.79 Å². The maximum absolute atomic E-state index is 14.3. The first-order chi connectivity index (χ1) is 11.0. The number of para-hydroxylation sites is 1. The van der Waals surface area contributed by atoms with E-state index in [4.69, 9.17) is 11.6 Å². The Labute approximate surface area is 135 Å². The lowest BCUT2D eigenvalue weighted by Crippen LogP contribution is -2.35. The minimum absolute atomic E-state index is 0.186. The van der Waals surface area contributed by atoms with Crippen LogP contribution in [0.15, 0.2) is 42.5 Å². The zero-order chi connectivity index (χ0) is 17.0. The van der Waals surface area contributed by atoms with Crippen molar-refractivity contribution in [2.24, 2.45) is 0 Å². The lowest BCUT2D eigenvalue weighted by molar-refractivity contribution is -0.108. The zero-order valence-corrected chi connectivity index (χ0v) is 12.5. The summed E-state index contributed by atoms with van der Waals surface area (Å²) < 4.78 is 28.4. The van der Waals surface area contributed by atoms with Gasteiger partial charge in [0.1, 0.15) is 17.9 Å². The van der Waals surface area contributed by atoms with Crippen LogP contribution in [0, 0.1) is 11.6 Å². The Morgan fingerprint density at radius 2 is 1.87 bits per heavy atom. The molecular formula is C16H12ClF2NO3. The molecule has 1 unspecified atom stereocenters. The van der Waals surface area contributed by atoms with Crippen molar-refractivity contribution in [2.75, 3.05) is 4.90 Å². The van der Waals surface area contributed by atoms with E-state index in [9.17, 15) is 23.5 Å². The summed E-state index contributed by atoms with van der Waals surface area (Å²) in [4.78, 5) is 23.3. The first-order valence-corrected chi connectivity index (χ1v) is 6.99. The molecule has 0 saturated carbocycles. The predicted molar refractivity (Wildman–Crippen MR) is 81.7 cm³/mol. The number of amides is 1. The van der Waals surface area contributed by atoms with Gasteiger partial charge in [-0.3, -0.25) is 4.90 Å². The van der Waals surface area contributed by atoms with Crippen molar-refractivity contribution in [2.45, 2.75) is 12.5 Å². The minimum atomic E-state index is -1.44. The number of carbonyl (C=O) groups excluding carboxylic acids is 1. The van der Waals surface area contributed by atoms with Crippen molar-refractivity contribution in [1.82, 2.24) is 0 Å². The average molecular weight is 340 g/mol. The number of anilines is 1. The van der Waals surface area contributed by atoms with E-state index in [1.807, 2.05) is 0 Å². The van der Waals surface area contributed by atoms with E-state index >= 15 is 0 Å². The van der Waals surface area contributed by atoms with E-state index in [1.165, 1.54) is 12.1 Å². The molecule has 2 aromatic rings. The summed E-state index contributed by atoms with van der Waals surface area (Å²) in [5, 5.41) is 9.12. The molecule has 4 nitrogen and oxygen atoms in total. The molecule has 7 heteroatoms. The Hall–Kier alpha value is -2.47. The highest BCUT2D eigenvalue weighted by Crippen LogP contribution is 2.34. The van der Waals surface area contributed by atoms with Crippen molar-refractivity contribution in [3.63, 3.8) is 0 Å². The fraction of sp³-hybridized carbons (Fsp3) is 0.125. The smallest absolute Gasteiger partial charge is 0.412 e. The minimum Gasteiger partial charge on any atom is -0.465 e. The van der Waals surface area contributed by atoms with Crippen LogP contribution in [0.25, 0.3) is 0 Å². The quantitative estimate of drug-likeness (QED) is 0.647. The third-order valence-corrected chi connectivity index (χ3v) is 3.58. The normalized spacial score (nSPS) is 11.8. The van der Waals surface area contributed by atoms with Gasteiger partial charge in [-0.25, -0.2) is 13.6 Å². The lowest BCUT2D eigenvalue weighted by atomic mass is 10.0. The molecule has 0 heterocycles. The Bertz CT molecular complexity index is 725. The second-order valence-electron chi connectivity index (χ2n) is 4.66. The Morgan fingerprint density at radius 3 is 2.43 bits per heavy atom. The topological polar surface area (TPSA) is 57.6 Å². The van der Waals surface area contributed by atoms with Crippen LogP contribution in [0.4, 0.5) is 19.3 Å². The van der Waals surface area contributed by atoms with Crippen molar-refractivity contribution in [1.29, 1.82) is 0 Å². The van der Waals surface area contributed by atoms with Gasteiger partial charge in [0.15, 0.2) is 0 Å². The molecule has 2 rings (SSSR count). The van der Waals surface area contributed by atoms with Crippen LogP contribution in [0.2, 0.25) is 5.02 Å². The fourth-order valence-corrected chi connectivity index (χ4v) is 2.47. The van der Waals surface area contributed by atoms with Crippen molar-refractivity contribution < 1.29 is 23.5 Å². The number of aldehydes is 1. The number of halogens is 3. The Kier molecular flexibility index (Phi) is 5.28. The summed E-state index contributed by atoms with van der Waals surface area (Å²) in [6, 6.07) is 8.34. The van der Waals surface area contributed by atoms with E-state index in [0.717, 1.165) is 17.0 Å². The molecule has 23 heavy (non-hydrogen) atoms. The number of carboxylic acid groups (broad SMARTS) is 1. The fourth-order valence-electron chi connectivity index (χ4n) is 2.30. The molecule has 0 radical (unpaired) electrons.